The SMILES string of the molecule is COC(=O)c1c(F)cccc1S(=O)(=O)N1C[C@@H](C(F)(F)F)[C@H](C(=O)O)C1. The molecule has 26 heavy (non-hydrogen) atoms. The molecular formula is C14H13F4NO6S. The minimum absolute atomic E-state index is 0.283. The predicted molar refractivity (Wildman–Crippen MR) is 77.2 cm³/mol. The molecule has 7 nitrogen and oxygen atoms in total. The molecule has 1 aliphatic rings. The van der Waals surface area contributed by atoms with E-state index in [1.54, 1.807) is 0 Å². The number of carboxylic acid groups (broad SMARTS) is 1. The van der Waals surface area contributed by atoms with Gasteiger partial charge in [0.15, 0.2) is 0 Å². The van der Waals surface area contributed by atoms with Gasteiger partial charge >= 0.3 is 18.1 Å². The van der Waals surface area contributed by atoms with Crippen molar-refractivity contribution < 1.29 is 45.4 Å². The van der Waals surface area contributed by atoms with Crippen LogP contribution in [-0.4, -0.2) is 56.1 Å². The Bertz CT molecular complexity index is 838. The molecule has 12 heteroatoms. The molecule has 0 bridgehead atoms. The van der Waals surface area contributed by atoms with Crippen molar-refractivity contribution in [3.05, 3.63) is 29.6 Å². The minimum atomic E-state index is -4.94. The molecule has 0 aliphatic carbocycles. The van der Waals surface area contributed by atoms with Gasteiger partial charge in [-0.25, -0.2) is 17.6 Å². The molecule has 1 fully saturated rings. The summed E-state index contributed by atoms with van der Waals surface area (Å²) in [5.41, 5.74) is -0.961. The van der Waals surface area contributed by atoms with E-state index in [9.17, 15) is 35.6 Å². The van der Waals surface area contributed by atoms with Crippen LogP contribution in [0, 0.1) is 17.7 Å². The van der Waals surface area contributed by atoms with E-state index in [2.05, 4.69) is 4.74 Å². The maximum Gasteiger partial charge on any atom is 0.393 e. The quantitative estimate of drug-likeness (QED) is 0.608. The number of methoxy groups -OCH3 is 1. The lowest BCUT2D eigenvalue weighted by atomic mass is 9.96. The van der Waals surface area contributed by atoms with E-state index in [1.807, 2.05) is 0 Å². The molecule has 1 heterocycles. The molecule has 2 atom stereocenters. The van der Waals surface area contributed by atoms with Gasteiger partial charge in [-0.1, -0.05) is 6.07 Å². The molecule has 1 aliphatic heterocycles. The monoisotopic (exact) mass is 399 g/mol. The van der Waals surface area contributed by atoms with Crippen LogP contribution >= 0.6 is 0 Å². The van der Waals surface area contributed by atoms with Crippen molar-refractivity contribution in [3.8, 4) is 0 Å². The molecule has 1 aromatic carbocycles. The van der Waals surface area contributed by atoms with E-state index in [-0.39, 0.29) is 4.31 Å². The number of nitrogens with zero attached hydrogens (tertiary/aromatic N) is 1. The normalized spacial score (nSPS) is 21.6. The molecule has 144 valence electrons. The number of esters is 1. The van der Waals surface area contributed by atoms with Gasteiger partial charge < -0.3 is 9.84 Å². The van der Waals surface area contributed by atoms with E-state index < -0.39 is 69.3 Å². The van der Waals surface area contributed by atoms with Crippen LogP contribution in [0.5, 0.6) is 0 Å². The van der Waals surface area contributed by atoms with Crippen LogP contribution in [0.3, 0.4) is 0 Å². The smallest absolute Gasteiger partial charge is 0.393 e. The summed E-state index contributed by atoms with van der Waals surface area (Å²) < 4.78 is 83.0. The van der Waals surface area contributed by atoms with Gasteiger partial charge in [0, 0.05) is 13.1 Å². The van der Waals surface area contributed by atoms with Crippen molar-refractivity contribution in [1.82, 2.24) is 4.31 Å². The number of carbonyl (C=O) groups is 2. The average Bonchev–Trinajstić information content (AvgIpc) is 3.00. The van der Waals surface area contributed by atoms with Crippen LogP contribution in [-0.2, 0) is 19.6 Å². The minimum Gasteiger partial charge on any atom is -0.481 e. The number of rotatable bonds is 4. The van der Waals surface area contributed by atoms with Gasteiger partial charge in [0.25, 0.3) is 0 Å². The first-order valence-corrected chi connectivity index (χ1v) is 8.51. The molecule has 2 rings (SSSR count). The van der Waals surface area contributed by atoms with Gasteiger partial charge in [0.2, 0.25) is 10.0 Å². The Morgan fingerprint density at radius 1 is 1.27 bits per heavy atom. The van der Waals surface area contributed by atoms with Crippen LogP contribution in [0.15, 0.2) is 23.1 Å². The Morgan fingerprint density at radius 3 is 2.35 bits per heavy atom. The second kappa shape index (κ2) is 6.83. The number of benzene rings is 1. The maximum atomic E-state index is 13.9. The summed E-state index contributed by atoms with van der Waals surface area (Å²) in [5.74, 6) is -8.82. The number of carboxylic acids is 1. The Balaban J connectivity index is 2.52. The molecular weight excluding hydrogens is 386 g/mol. The Kier molecular flexibility index (Phi) is 5.29. The topological polar surface area (TPSA) is 101 Å². The Hall–Kier alpha value is -2.21. The Labute approximate surface area is 145 Å². The largest absolute Gasteiger partial charge is 0.481 e. The van der Waals surface area contributed by atoms with Gasteiger partial charge in [-0.2, -0.15) is 17.5 Å². The molecule has 1 aromatic rings. The van der Waals surface area contributed by atoms with Crippen LogP contribution in [0.25, 0.3) is 0 Å². The standard InChI is InChI=1S/C14H13F4NO6S/c1-25-13(22)11-9(15)3-2-4-10(11)26(23,24)19-5-7(12(20)21)8(6-19)14(16,17)18/h2-4,7-8H,5-6H2,1H3,(H,20,21)/t7-,8-/m1/s1. The van der Waals surface area contributed by atoms with Gasteiger partial charge in [0.1, 0.15) is 11.4 Å². The van der Waals surface area contributed by atoms with Gasteiger partial charge in [-0.15, -0.1) is 0 Å². The zero-order valence-corrected chi connectivity index (χ0v) is 14.0. The van der Waals surface area contributed by atoms with Crippen molar-refractivity contribution in [1.29, 1.82) is 0 Å². The highest BCUT2D eigenvalue weighted by atomic mass is 32.2. The summed E-state index contributed by atoms with van der Waals surface area (Å²) in [6.45, 7) is -2.11. The fraction of sp³-hybridized carbons (Fsp3) is 0.429. The van der Waals surface area contributed by atoms with E-state index in [4.69, 9.17) is 5.11 Å². The van der Waals surface area contributed by atoms with Gasteiger partial charge in [-0.05, 0) is 12.1 Å². The van der Waals surface area contributed by atoms with Crippen LogP contribution in [0.2, 0.25) is 0 Å². The fourth-order valence-electron chi connectivity index (χ4n) is 2.70. The highest BCUT2D eigenvalue weighted by Gasteiger charge is 2.55. The number of alkyl halides is 3. The van der Waals surface area contributed by atoms with Gasteiger partial charge in [-0.3, -0.25) is 4.79 Å². The second-order valence-corrected chi connectivity index (χ2v) is 7.43. The first-order valence-electron chi connectivity index (χ1n) is 7.07. The maximum absolute atomic E-state index is 13.9. The molecule has 0 saturated carbocycles. The number of aliphatic carboxylic acids is 1. The fourth-order valence-corrected chi connectivity index (χ4v) is 4.39. The molecule has 0 spiro atoms. The zero-order chi connectivity index (χ0) is 19.9. The number of carbonyl (C=O) groups excluding carboxylic acids is 1. The number of hydrogen-bond acceptors (Lipinski definition) is 5. The number of sulfonamides is 1. The van der Waals surface area contributed by atoms with E-state index in [1.165, 1.54) is 0 Å². The summed E-state index contributed by atoms with van der Waals surface area (Å²) in [4.78, 5) is 21.9. The lowest BCUT2D eigenvalue weighted by Gasteiger charge is -2.19. The summed E-state index contributed by atoms with van der Waals surface area (Å²) in [6, 6.07) is 2.58. The molecule has 0 unspecified atom stereocenters. The number of halogens is 4. The van der Waals surface area contributed by atoms with Crippen LogP contribution in [0.1, 0.15) is 10.4 Å². The lowest BCUT2D eigenvalue weighted by molar-refractivity contribution is -0.187. The summed E-state index contributed by atoms with van der Waals surface area (Å²) in [6.07, 6.45) is -4.94. The third kappa shape index (κ3) is 3.51. The van der Waals surface area contributed by atoms with Gasteiger partial charge in [0.05, 0.1) is 23.8 Å². The zero-order valence-electron chi connectivity index (χ0n) is 13.2. The first kappa shape index (κ1) is 20.1. The molecule has 0 aromatic heterocycles. The predicted octanol–water partition coefficient (Wildman–Crippen LogP) is 1.50. The highest BCUT2D eigenvalue weighted by molar-refractivity contribution is 7.89. The molecule has 1 N–H and O–H groups in total. The first-order chi connectivity index (χ1) is 11.9. The summed E-state index contributed by atoms with van der Waals surface area (Å²) >= 11 is 0. The third-order valence-corrected chi connectivity index (χ3v) is 5.88. The van der Waals surface area contributed by atoms with E-state index in [0.717, 1.165) is 25.3 Å². The van der Waals surface area contributed by atoms with Crippen molar-refractivity contribution in [2.24, 2.45) is 11.8 Å². The van der Waals surface area contributed by atoms with Crippen LogP contribution in [0.4, 0.5) is 17.6 Å². The Morgan fingerprint density at radius 2 is 1.88 bits per heavy atom. The second-order valence-electron chi connectivity index (χ2n) is 5.52. The van der Waals surface area contributed by atoms with Crippen molar-refractivity contribution >= 4 is 22.0 Å². The van der Waals surface area contributed by atoms with Crippen molar-refractivity contribution in [2.75, 3.05) is 20.2 Å². The van der Waals surface area contributed by atoms with E-state index in [0.29, 0.717) is 0 Å². The van der Waals surface area contributed by atoms with Crippen molar-refractivity contribution in [3.63, 3.8) is 0 Å². The molecule has 0 amide bonds. The average molecular weight is 399 g/mol. The number of hydrogen-bond donors (Lipinski definition) is 1. The summed E-state index contributed by atoms with van der Waals surface area (Å²) in [5, 5.41) is 8.97. The molecule has 0 radical (unpaired) electrons. The van der Waals surface area contributed by atoms with E-state index >= 15 is 0 Å². The highest BCUT2D eigenvalue weighted by Crippen LogP contribution is 2.40. The van der Waals surface area contributed by atoms with Crippen molar-refractivity contribution in [2.45, 2.75) is 11.1 Å². The number of ether oxygens (including phenoxy) is 1. The molecule has 1 saturated heterocycles. The summed E-state index contributed by atoms with van der Waals surface area (Å²) in [7, 11) is -3.90. The lowest BCUT2D eigenvalue weighted by Crippen LogP contribution is -2.34. The van der Waals surface area contributed by atoms with Crippen LogP contribution < -0.4 is 0 Å². The third-order valence-electron chi connectivity index (χ3n) is 4.01.